The van der Waals surface area contributed by atoms with Gasteiger partial charge in [0.15, 0.2) is 11.5 Å². The summed E-state index contributed by atoms with van der Waals surface area (Å²) in [5.74, 6) is 1.59. The number of likely N-dealkylation sites (tertiary alicyclic amines) is 1. The zero-order valence-electron chi connectivity index (χ0n) is 14.6. The summed E-state index contributed by atoms with van der Waals surface area (Å²) in [6.07, 6.45) is 2.92. The van der Waals surface area contributed by atoms with Crippen molar-refractivity contribution < 1.29 is 19.4 Å². The predicted molar refractivity (Wildman–Crippen MR) is 89.8 cm³/mol. The molecule has 3 aliphatic rings. The summed E-state index contributed by atoms with van der Waals surface area (Å²) in [5.41, 5.74) is 0.723. The fourth-order valence-corrected chi connectivity index (χ4v) is 5.45. The number of piperidine rings is 1. The first-order valence-electron chi connectivity index (χ1n) is 8.65. The maximum absolute atomic E-state index is 12.4. The SMILES string of the molecule is COc1ccc2c(c1OC)[C@]13CCN(C)[C@@H](C2)[C@]1(O)CCC(=O)C3. The van der Waals surface area contributed by atoms with Crippen molar-refractivity contribution in [1.29, 1.82) is 0 Å². The van der Waals surface area contributed by atoms with E-state index < -0.39 is 11.0 Å². The molecule has 4 rings (SSSR count). The lowest BCUT2D eigenvalue weighted by Crippen LogP contribution is -2.72. The highest BCUT2D eigenvalue weighted by Gasteiger charge is 2.65. The number of ketones is 1. The molecule has 5 heteroatoms. The third-order valence-corrected chi connectivity index (χ3v) is 6.61. The number of aliphatic hydroxyl groups is 1. The number of hydrogen-bond acceptors (Lipinski definition) is 5. The first-order valence-corrected chi connectivity index (χ1v) is 8.65. The second-order valence-electron chi connectivity index (χ2n) is 7.51. The van der Waals surface area contributed by atoms with E-state index in [1.807, 2.05) is 6.07 Å². The Balaban J connectivity index is 2.02. The molecule has 2 aliphatic carbocycles. The van der Waals surface area contributed by atoms with Crippen molar-refractivity contribution in [1.82, 2.24) is 4.90 Å². The van der Waals surface area contributed by atoms with Gasteiger partial charge in [0, 0.05) is 29.9 Å². The summed E-state index contributed by atoms with van der Waals surface area (Å²) in [6.45, 7) is 0.875. The molecule has 2 bridgehead atoms. The van der Waals surface area contributed by atoms with Crippen molar-refractivity contribution in [2.45, 2.75) is 49.2 Å². The molecule has 1 saturated carbocycles. The van der Waals surface area contributed by atoms with Gasteiger partial charge in [-0.2, -0.15) is 0 Å². The summed E-state index contributed by atoms with van der Waals surface area (Å²) in [7, 11) is 5.34. The van der Waals surface area contributed by atoms with Gasteiger partial charge in [0.1, 0.15) is 5.78 Å². The van der Waals surface area contributed by atoms with E-state index in [9.17, 15) is 9.90 Å². The van der Waals surface area contributed by atoms with Crippen LogP contribution in [0.2, 0.25) is 0 Å². The Hall–Kier alpha value is -1.59. The Kier molecular flexibility index (Phi) is 3.45. The van der Waals surface area contributed by atoms with Gasteiger partial charge >= 0.3 is 0 Å². The number of methoxy groups -OCH3 is 2. The summed E-state index contributed by atoms with van der Waals surface area (Å²) in [4.78, 5) is 14.7. The lowest BCUT2D eigenvalue weighted by Gasteiger charge is -2.62. The molecule has 1 aromatic rings. The van der Waals surface area contributed by atoms with Crippen LogP contribution in [0, 0.1) is 0 Å². The first-order chi connectivity index (χ1) is 11.5. The van der Waals surface area contributed by atoms with Crippen LogP contribution in [0.3, 0.4) is 0 Å². The summed E-state index contributed by atoms with van der Waals surface area (Å²) in [6, 6.07) is 4.05. The molecule has 0 unspecified atom stereocenters. The van der Waals surface area contributed by atoms with E-state index in [1.165, 1.54) is 5.56 Å². The van der Waals surface area contributed by atoms with Crippen LogP contribution < -0.4 is 9.47 Å². The van der Waals surface area contributed by atoms with E-state index in [-0.39, 0.29) is 11.8 Å². The third kappa shape index (κ3) is 1.80. The van der Waals surface area contributed by atoms with Crippen LogP contribution in [0.15, 0.2) is 12.1 Å². The predicted octanol–water partition coefficient (Wildman–Crippen LogP) is 1.69. The van der Waals surface area contributed by atoms with Crippen LogP contribution in [-0.4, -0.2) is 55.2 Å². The van der Waals surface area contributed by atoms with E-state index in [0.717, 1.165) is 24.9 Å². The summed E-state index contributed by atoms with van der Waals surface area (Å²) in [5, 5.41) is 11.8. The van der Waals surface area contributed by atoms with Gasteiger partial charge in [0.05, 0.1) is 19.8 Å². The highest BCUT2D eigenvalue weighted by Crippen LogP contribution is 2.60. The highest BCUT2D eigenvalue weighted by molar-refractivity contribution is 5.83. The van der Waals surface area contributed by atoms with Crippen molar-refractivity contribution in [2.24, 2.45) is 0 Å². The molecule has 5 nitrogen and oxygen atoms in total. The van der Waals surface area contributed by atoms with Crippen LogP contribution in [-0.2, 0) is 16.6 Å². The Labute approximate surface area is 142 Å². The molecular formula is C19H25NO4. The van der Waals surface area contributed by atoms with Crippen LogP contribution in [0.5, 0.6) is 11.5 Å². The summed E-state index contributed by atoms with van der Waals surface area (Å²) < 4.78 is 11.2. The Bertz CT molecular complexity index is 703. The van der Waals surface area contributed by atoms with E-state index in [4.69, 9.17) is 9.47 Å². The van der Waals surface area contributed by atoms with Crippen LogP contribution in [0.1, 0.15) is 36.8 Å². The number of likely N-dealkylation sites (N-methyl/N-ethyl adjacent to an activating group) is 1. The molecular weight excluding hydrogens is 306 g/mol. The van der Waals surface area contributed by atoms with Gasteiger partial charge in [-0.3, -0.25) is 4.79 Å². The van der Waals surface area contributed by atoms with Crippen LogP contribution in [0.4, 0.5) is 0 Å². The van der Waals surface area contributed by atoms with Crippen LogP contribution >= 0.6 is 0 Å². The third-order valence-electron chi connectivity index (χ3n) is 6.61. The number of fused-ring (bicyclic) bond motifs is 1. The van der Waals surface area contributed by atoms with E-state index in [1.54, 1.807) is 14.2 Å². The average molecular weight is 331 g/mol. The van der Waals surface area contributed by atoms with Crippen molar-refractivity contribution in [2.75, 3.05) is 27.8 Å². The molecule has 0 spiro atoms. The lowest BCUT2D eigenvalue weighted by molar-refractivity contribution is -0.169. The van der Waals surface area contributed by atoms with Crippen molar-refractivity contribution >= 4 is 5.78 Å². The second-order valence-corrected chi connectivity index (χ2v) is 7.51. The van der Waals surface area contributed by atoms with Crippen molar-refractivity contribution in [3.8, 4) is 11.5 Å². The summed E-state index contributed by atoms with van der Waals surface area (Å²) >= 11 is 0. The maximum atomic E-state index is 12.4. The quantitative estimate of drug-likeness (QED) is 0.894. The molecule has 0 aromatic heterocycles. The largest absolute Gasteiger partial charge is 0.493 e. The van der Waals surface area contributed by atoms with Gasteiger partial charge in [0.2, 0.25) is 0 Å². The number of carbonyl (C=O) groups excluding carboxylic acids is 1. The maximum Gasteiger partial charge on any atom is 0.164 e. The molecule has 1 N–H and O–H groups in total. The number of rotatable bonds is 2. The molecule has 1 aliphatic heterocycles. The fraction of sp³-hybridized carbons (Fsp3) is 0.632. The van der Waals surface area contributed by atoms with Crippen molar-refractivity contribution in [3.63, 3.8) is 0 Å². The molecule has 0 amide bonds. The van der Waals surface area contributed by atoms with Gasteiger partial charge in [0.25, 0.3) is 0 Å². The molecule has 1 saturated heterocycles. The minimum Gasteiger partial charge on any atom is -0.493 e. The monoisotopic (exact) mass is 331 g/mol. The zero-order valence-corrected chi connectivity index (χ0v) is 14.6. The van der Waals surface area contributed by atoms with E-state index >= 15 is 0 Å². The molecule has 1 heterocycles. The standard InChI is InChI=1S/C19H25NO4/c1-20-9-8-18-11-13(21)6-7-19(18,22)15(20)10-12-4-5-14(23-2)17(24-3)16(12)18/h4-5,15,22H,6-11H2,1-3H3/t15-,18+,19+/m0/s1. The van der Waals surface area contributed by atoms with Gasteiger partial charge in [-0.15, -0.1) is 0 Å². The number of Topliss-reactive ketones (excluding diaryl/α,β-unsaturated/α-hetero) is 1. The molecule has 3 atom stereocenters. The molecule has 1 aromatic carbocycles. The molecule has 0 radical (unpaired) electrons. The highest BCUT2D eigenvalue weighted by atomic mass is 16.5. The first kappa shape index (κ1) is 15.9. The number of ether oxygens (including phenoxy) is 2. The number of benzene rings is 1. The number of carbonyl (C=O) groups is 1. The molecule has 2 fully saturated rings. The van der Waals surface area contributed by atoms with E-state index in [2.05, 4.69) is 18.0 Å². The zero-order chi connectivity index (χ0) is 17.1. The lowest BCUT2D eigenvalue weighted by atomic mass is 9.49. The number of nitrogens with zero attached hydrogens (tertiary/aromatic N) is 1. The van der Waals surface area contributed by atoms with Crippen LogP contribution in [0.25, 0.3) is 0 Å². The average Bonchev–Trinajstić information content (AvgIpc) is 2.57. The smallest absolute Gasteiger partial charge is 0.164 e. The minimum atomic E-state index is -0.888. The minimum absolute atomic E-state index is 0.0463. The Morgan fingerprint density at radius 2 is 2.04 bits per heavy atom. The van der Waals surface area contributed by atoms with Gasteiger partial charge < -0.3 is 19.5 Å². The Morgan fingerprint density at radius 1 is 1.25 bits per heavy atom. The topological polar surface area (TPSA) is 59.0 Å². The molecule has 24 heavy (non-hydrogen) atoms. The second kappa shape index (κ2) is 5.20. The molecule has 130 valence electrons. The van der Waals surface area contributed by atoms with Gasteiger partial charge in [-0.05, 0) is 44.5 Å². The van der Waals surface area contributed by atoms with Crippen molar-refractivity contribution in [3.05, 3.63) is 23.3 Å². The van der Waals surface area contributed by atoms with E-state index in [0.29, 0.717) is 30.8 Å². The van der Waals surface area contributed by atoms with Gasteiger partial charge in [-0.1, -0.05) is 6.07 Å². The normalized spacial score (nSPS) is 35.2. The number of hydrogen-bond donors (Lipinski definition) is 1. The fourth-order valence-electron chi connectivity index (χ4n) is 5.45. The Morgan fingerprint density at radius 3 is 2.75 bits per heavy atom. The van der Waals surface area contributed by atoms with Gasteiger partial charge in [-0.25, -0.2) is 0 Å².